The maximum atomic E-state index is 4.40. The molecule has 0 unspecified atom stereocenters. The van der Waals surface area contributed by atoms with E-state index < -0.39 is 0 Å². The fourth-order valence-corrected chi connectivity index (χ4v) is 3.54. The normalized spacial score (nSPS) is 15.1. The Balaban J connectivity index is 1.49. The van der Waals surface area contributed by atoms with Crippen LogP contribution in [-0.2, 0) is 24.8 Å². The van der Waals surface area contributed by atoms with Gasteiger partial charge in [-0.1, -0.05) is 50.6 Å². The Morgan fingerprint density at radius 2 is 1.93 bits per heavy atom. The van der Waals surface area contributed by atoms with Crippen molar-refractivity contribution in [2.45, 2.75) is 57.9 Å². The van der Waals surface area contributed by atoms with Crippen molar-refractivity contribution in [1.29, 1.82) is 0 Å². The van der Waals surface area contributed by atoms with E-state index in [2.05, 4.69) is 74.6 Å². The van der Waals surface area contributed by atoms with Gasteiger partial charge in [0.2, 0.25) is 0 Å². The minimum atomic E-state index is 0.0310. The van der Waals surface area contributed by atoms with Crippen molar-refractivity contribution in [3.05, 3.63) is 47.5 Å². The molecular weight excluding hydrogens is 336 g/mol. The molecule has 0 bridgehead atoms. The maximum absolute atomic E-state index is 4.40. The van der Waals surface area contributed by atoms with E-state index in [1.807, 2.05) is 7.05 Å². The third-order valence-electron chi connectivity index (χ3n) is 5.30. The van der Waals surface area contributed by atoms with E-state index in [1.54, 1.807) is 0 Å². The number of aliphatic imine (C=N–C) groups is 1. The SMILES string of the molecule is CN=C(NCCc1nnc2n1CCCCC2)NCC(C)(C)c1ccccc1. The van der Waals surface area contributed by atoms with Crippen LogP contribution in [-0.4, -0.2) is 40.9 Å². The molecule has 0 fully saturated rings. The van der Waals surface area contributed by atoms with Gasteiger partial charge in [-0.05, 0) is 18.4 Å². The summed E-state index contributed by atoms with van der Waals surface area (Å²) in [6.07, 6.45) is 5.65. The monoisotopic (exact) mass is 368 g/mol. The number of nitrogens with zero attached hydrogens (tertiary/aromatic N) is 4. The van der Waals surface area contributed by atoms with E-state index in [-0.39, 0.29) is 5.41 Å². The Morgan fingerprint density at radius 1 is 1.11 bits per heavy atom. The Hall–Kier alpha value is -2.37. The minimum Gasteiger partial charge on any atom is -0.356 e. The quantitative estimate of drug-likeness (QED) is 0.608. The molecule has 0 amide bonds. The summed E-state index contributed by atoms with van der Waals surface area (Å²) in [5.41, 5.74) is 1.35. The van der Waals surface area contributed by atoms with Gasteiger partial charge in [0.25, 0.3) is 0 Å². The highest BCUT2D eigenvalue weighted by Crippen LogP contribution is 2.21. The van der Waals surface area contributed by atoms with E-state index in [1.165, 1.54) is 24.8 Å². The summed E-state index contributed by atoms with van der Waals surface area (Å²) in [6.45, 7) is 7.15. The summed E-state index contributed by atoms with van der Waals surface area (Å²) in [5, 5.41) is 15.6. The second-order valence-electron chi connectivity index (χ2n) is 7.85. The number of hydrogen-bond acceptors (Lipinski definition) is 3. The molecule has 0 aliphatic carbocycles. The van der Waals surface area contributed by atoms with Crippen molar-refractivity contribution < 1.29 is 0 Å². The molecular formula is C21H32N6. The van der Waals surface area contributed by atoms with Crippen LogP contribution in [0.25, 0.3) is 0 Å². The van der Waals surface area contributed by atoms with Gasteiger partial charge in [0.05, 0.1) is 0 Å². The standard InChI is InChI=1S/C21H32N6/c1-21(2,17-10-6-4-7-11-17)16-24-20(22-3)23-14-13-19-26-25-18-12-8-5-9-15-27(18)19/h4,6-7,10-11H,5,8-9,12-16H2,1-3H3,(H2,22,23,24). The summed E-state index contributed by atoms with van der Waals surface area (Å²) in [7, 11) is 1.81. The van der Waals surface area contributed by atoms with E-state index in [9.17, 15) is 0 Å². The molecule has 0 radical (unpaired) electrons. The first-order valence-corrected chi connectivity index (χ1v) is 10.0. The molecule has 1 aliphatic rings. The summed E-state index contributed by atoms with van der Waals surface area (Å²) in [6, 6.07) is 10.6. The van der Waals surface area contributed by atoms with Gasteiger partial charge >= 0.3 is 0 Å². The lowest BCUT2D eigenvalue weighted by molar-refractivity contribution is 0.508. The zero-order valence-corrected chi connectivity index (χ0v) is 16.8. The van der Waals surface area contributed by atoms with Crippen LogP contribution in [0.4, 0.5) is 0 Å². The van der Waals surface area contributed by atoms with Crippen LogP contribution in [0, 0.1) is 0 Å². The van der Waals surface area contributed by atoms with E-state index in [4.69, 9.17) is 0 Å². The second kappa shape index (κ2) is 9.02. The number of rotatable bonds is 6. The van der Waals surface area contributed by atoms with Gasteiger partial charge in [-0.3, -0.25) is 4.99 Å². The molecule has 2 heterocycles. The molecule has 0 spiro atoms. The topological polar surface area (TPSA) is 67.1 Å². The summed E-state index contributed by atoms with van der Waals surface area (Å²) in [4.78, 5) is 4.36. The molecule has 1 aromatic carbocycles. The van der Waals surface area contributed by atoms with E-state index >= 15 is 0 Å². The number of benzene rings is 1. The van der Waals surface area contributed by atoms with Crippen LogP contribution in [0.5, 0.6) is 0 Å². The van der Waals surface area contributed by atoms with Crippen LogP contribution in [0.2, 0.25) is 0 Å². The fourth-order valence-electron chi connectivity index (χ4n) is 3.54. The average molecular weight is 369 g/mol. The van der Waals surface area contributed by atoms with Crippen molar-refractivity contribution in [2.24, 2.45) is 4.99 Å². The highest BCUT2D eigenvalue weighted by atomic mass is 15.3. The Bertz CT molecular complexity index is 747. The average Bonchev–Trinajstić information content (AvgIpc) is 2.91. The second-order valence-corrected chi connectivity index (χ2v) is 7.85. The first-order chi connectivity index (χ1) is 13.1. The third kappa shape index (κ3) is 5.08. The summed E-state index contributed by atoms with van der Waals surface area (Å²) >= 11 is 0. The lowest BCUT2D eigenvalue weighted by atomic mass is 9.85. The summed E-state index contributed by atoms with van der Waals surface area (Å²) in [5.74, 6) is 3.06. The highest BCUT2D eigenvalue weighted by Gasteiger charge is 2.20. The van der Waals surface area contributed by atoms with Crippen LogP contribution in [0.3, 0.4) is 0 Å². The zero-order chi connectivity index (χ0) is 19.1. The van der Waals surface area contributed by atoms with Crippen molar-refractivity contribution in [3.8, 4) is 0 Å². The number of fused-ring (bicyclic) bond motifs is 1. The van der Waals surface area contributed by atoms with Crippen LogP contribution < -0.4 is 10.6 Å². The largest absolute Gasteiger partial charge is 0.356 e. The van der Waals surface area contributed by atoms with Gasteiger partial charge in [0, 0.05) is 44.9 Å². The molecule has 0 saturated carbocycles. The fraction of sp³-hybridized carbons (Fsp3) is 0.571. The molecule has 6 heteroatoms. The molecule has 0 atom stereocenters. The lowest BCUT2D eigenvalue weighted by Gasteiger charge is -2.26. The Kier molecular flexibility index (Phi) is 6.48. The predicted octanol–water partition coefficient (Wildman–Crippen LogP) is 2.69. The molecule has 1 aliphatic heterocycles. The molecule has 0 saturated heterocycles. The summed E-state index contributed by atoms with van der Waals surface area (Å²) < 4.78 is 2.31. The van der Waals surface area contributed by atoms with Gasteiger partial charge < -0.3 is 15.2 Å². The van der Waals surface area contributed by atoms with Crippen molar-refractivity contribution in [2.75, 3.05) is 20.1 Å². The van der Waals surface area contributed by atoms with Crippen molar-refractivity contribution in [3.63, 3.8) is 0 Å². The van der Waals surface area contributed by atoms with Gasteiger partial charge in [-0.25, -0.2) is 0 Å². The first kappa shape index (κ1) is 19.4. The number of guanidine groups is 1. The van der Waals surface area contributed by atoms with Crippen molar-refractivity contribution >= 4 is 5.96 Å². The molecule has 1 aromatic heterocycles. The van der Waals surface area contributed by atoms with Crippen LogP contribution >= 0.6 is 0 Å². The van der Waals surface area contributed by atoms with Gasteiger partial charge in [0.1, 0.15) is 11.6 Å². The van der Waals surface area contributed by atoms with Crippen LogP contribution in [0.1, 0.15) is 50.3 Å². The molecule has 3 rings (SSSR count). The Morgan fingerprint density at radius 3 is 2.70 bits per heavy atom. The van der Waals surface area contributed by atoms with Gasteiger partial charge in [0.15, 0.2) is 5.96 Å². The first-order valence-electron chi connectivity index (χ1n) is 10.0. The lowest BCUT2D eigenvalue weighted by Crippen LogP contribution is -2.44. The molecule has 2 N–H and O–H groups in total. The number of hydrogen-bond donors (Lipinski definition) is 2. The Labute approximate surface area is 162 Å². The van der Waals surface area contributed by atoms with Crippen molar-refractivity contribution in [1.82, 2.24) is 25.4 Å². The van der Waals surface area contributed by atoms with Gasteiger partial charge in [-0.15, -0.1) is 10.2 Å². The zero-order valence-electron chi connectivity index (χ0n) is 16.8. The van der Waals surface area contributed by atoms with E-state index in [0.29, 0.717) is 0 Å². The van der Waals surface area contributed by atoms with Crippen LogP contribution in [0.15, 0.2) is 35.3 Å². The molecule has 2 aromatic rings. The highest BCUT2D eigenvalue weighted by molar-refractivity contribution is 5.79. The van der Waals surface area contributed by atoms with E-state index in [0.717, 1.165) is 50.1 Å². The molecule has 6 nitrogen and oxygen atoms in total. The smallest absolute Gasteiger partial charge is 0.191 e. The third-order valence-corrected chi connectivity index (χ3v) is 5.30. The maximum Gasteiger partial charge on any atom is 0.191 e. The number of aromatic nitrogens is 3. The minimum absolute atomic E-state index is 0.0310. The number of nitrogens with one attached hydrogen (secondary N) is 2. The van der Waals surface area contributed by atoms with Gasteiger partial charge in [-0.2, -0.15) is 0 Å². The predicted molar refractivity (Wildman–Crippen MR) is 110 cm³/mol. The molecule has 27 heavy (non-hydrogen) atoms. The molecule has 146 valence electrons. The number of aryl methyl sites for hydroxylation is 1.